The van der Waals surface area contributed by atoms with Crippen LogP contribution in [0.4, 0.5) is 4.79 Å². The molecule has 11 heteroatoms. The highest BCUT2D eigenvalue weighted by molar-refractivity contribution is 5.97. The van der Waals surface area contributed by atoms with Crippen molar-refractivity contribution in [3.8, 4) is 5.75 Å². The number of aromatic nitrogens is 1. The summed E-state index contributed by atoms with van der Waals surface area (Å²) < 4.78 is 21.1. The SMILES string of the molecule is COC(=O)C(C)(C)OC(=O)Oc1c2n(ccc1=O)N[C@@H]1COCCN1C2=O. The molecule has 0 aromatic carbocycles. The van der Waals surface area contributed by atoms with E-state index in [1.54, 1.807) is 0 Å². The van der Waals surface area contributed by atoms with Gasteiger partial charge in [-0.05, 0) is 13.8 Å². The lowest BCUT2D eigenvalue weighted by molar-refractivity contribution is -0.160. The van der Waals surface area contributed by atoms with E-state index >= 15 is 0 Å². The third-order valence-corrected chi connectivity index (χ3v) is 4.14. The summed E-state index contributed by atoms with van der Waals surface area (Å²) in [4.78, 5) is 50.3. The van der Waals surface area contributed by atoms with Crippen LogP contribution in [0, 0.1) is 0 Å². The number of carbonyl (C=O) groups excluding carboxylic acids is 3. The van der Waals surface area contributed by atoms with Crippen molar-refractivity contribution in [2.45, 2.75) is 25.6 Å². The summed E-state index contributed by atoms with van der Waals surface area (Å²) in [6, 6.07) is 1.14. The van der Waals surface area contributed by atoms with Crippen molar-refractivity contribution in [3.05, 3.63) is 28.2 Å². The first-order valence-electron chi connectivity index (χ1n) is 8.15. The molecule has 27 heavy (non-hydrogen) atoms. The molecule has 3 rings (SSSR count). The van der Waals surface area contributed by atoms with E-state index in [4.69, 9.17) is 14.2 Å². The number of rotatable bonds is 3. The summed E-state index contributed by atoms with van der Waals surface area (Å²) in [6.45, 7) is 3.56. The zero-order chi connectivity index (χ0) is 19.8. The van der Waals surface area contributed by atoms with Crippen LogP contribution in [0.5, 0.6) is 5.75 Å². The lowest BCUT2D eigenvalue weighted by atomic mass is 10.1. The molecule has 0 bridgehead atoms. The van der Waals surface area contributed by atoms with Crippen LogP contribution in [-0.2, 0) is 19.0 Å². The predicted molar refractivity (Wildman–Crippen MR) is 88.9 cm³/mol. The zero-order valence-electron chi connectivity index (χ0n) is 15.0. The number of pyridine rings is 1. The molecule has 0 saturated carbocycles. The van der Waals surface area contributed by atoms with Gasteiger partial charge in [0.1, 0.15) is 6.17 Å². The fourth-order valence-corrected chi connectivity index (χ4v) is 2.78. The van der Waals surface area contributed by atoms with Gasteiger partial charge in [0.25, 0.3) is 5.91 Å². The second kappa shape index (κ2) is 6.91. The van der Waals surface area contributed by atoms with Crippen LogP contribution >= 0.6 is 0 Å². The van der Waals surface area contributed by atoms with Gasteiger partial charge in [0, 0.05) is 18.8 Å². The number of hydrogen-bond donors (Lipinski definition) is 1. The van der Waals surface area contributed by atoms with Crippen LogP contribution in [0.2, 0.25) is 0 Å². The van der Waals surface area contributed by atoms with Crippen molar-refractivity contribution in [3.63, 3.8) is 0 Å². The number of carbonyl (C=O) groups is 3. The molecule has 146 valence electrons. The van der Waals surface area contributed by atoms with Gasteiger partial charge in [-0.2, -0.15) is 0 Å². The van der Waals surface area contributed by atoms with Crippen LogP contribution in [-0.4, -0.2) is 66.2 Å². The van der Waals surface area contributed by atoms with Gasteiger partial charge in [0.15, 0.2) is 5.69 Å². The molecule has 1 amide bonds. The van der Waals surface area contributed by atoms with Crippen LogP contribution in [0.15, 0.2) is 17.1 Å². The molecule has 3 heterocycles. The number of amides is 1. The average molecular weight is 381 g/mol. The Balaban J connectivity index is 1.89. The van der Waals surface area contributed by atoms with E-state index in [9.17, 15) is 19.2 Å². The number of esters is 1. The highest BCUT2D eigenvalue weighted by Crippen LogP contribution is 2.23. The van der Waals surface area contributed by atoms with Crippen molar-refractivity contribution in [2.24, 2.45) is 0 Å². The quantitative estimate of drug-likeness (QED) is 0.701. The Morgan fingerprint density at radius 3 is 2.78 bits per heavy atom. The molecule has 0 radical (unpaired) electrons. The van der Waals surface area contributed by atoms with Crippen LogP contribution in [0.1, 0.15) is 24.3 Å². The van der Waals surface area contributed by atoms with Gasteiger partial charge in [0.05, 0.1) is 20.3 Å². The topological polar surface area (TPSA) is 125 Å². The van der Waals surface area contributed by atoms with Gasteiger partial charge in [-0.15, -0.1) is 0 Å². The molecular formula is C16H19N3O8. The molecule has 1 aromatic heterocycles. The van der Waals surface area contributed by atoms with Gasteiger partial charge < -0.3 is 29.3 Å². The normalized spacial score (nSPS) is 18.7. The number of nitrogens with one attached hydrogen (secondary N) is 1. The number of morpholine rings is 1. The fraction of sp³-hybridized carbons (Fsp3) is 0.500. The van der Waals surface area contributed by atoms with Crippen molar-refractivity contribution in [1.29, 1.82) is 0 Å². The predicted octanol–water partition coefficient (Wildman–Crippen LogP) is -0.329. The molecular weight excluding hydrogens is 362 g/mol. The molecule has 0 spiro atoms. The smallest absolute Gasteiger partial charge is 0.466 e. The molecule has 0 unspecified atom stereocenters. The molecule has 1 fully saturated rings. The first kappa shape index (κ1) is 18.7. The standard InChI is InChI=1S/C16H19N3O8/c1-16(2,14(22)24-3)27-15(23)26-12-9(20)4-5-19-11(12)13(21)18-6-7-25-8-10(18)17-19/h4-5,10,17H,6-8H2,1-3H3/t10-/m0/s1. The molecule has 11 nitrogen and oxygen atoms in total. The Morgan fingerprint density at radius 2 is 2.07 bits per heavy atom. The summed E-state index contributed by atoms with van der Waals surface area (Å²) in [5.41, 5.74) is 0.538. The second-order valence-corrected chi connectivity index (χ2v) is 6.40. The highest BCUT2D eigenvalue weighted by Gasteiger charge is 2.39. The molecule has 2 aliphatic rings. The number of ether oxygens (including phenoxy) is 4. The van der Waals surface area contributed by atoms with Crippen LogP contribution in [0.3, 0.4) is 0 Å². The van der Waals surface area contributed by atoms with E-state index in [0.29, 0.717) is 13.2 Å². The maximum Gasteiger partial charge on any atom is 0.515 e. The maximum atomic E-state index is 12.8. The van der Waals surface area contributed by atoms with Crippen molar-refractivity contribution in [2.75, 3.05) is 32.3 Å². The van der Waals surface area contributed by atoms with Crippen LogP contribution < -0.4 is 15.6 Å². The lowest BCUT2D eigenvalue weighted by Gasteiger charge is -2.41. The summed E-state index contributed by atoms with van der Waals surface area (Å²) >= 11 is 0. The van der Waals surface area contributed by atoms with Crippen LogP contribution in [0.25, 0.3) is 0 Å². The molecule has 1 atom stereocenters. The largest absolute Gasteiger partial charge is 0.515 e. The minimum absolute atomic E-state index is 0.145. The maximum absolute atomic E-state index is 12.8. The summed E-state index contributed by atoms with van der Waals surface area (Å²) in [5.74, 6) is -1.79. The molecule has 1 aromatic rings. The summed E-state index contributed by atoms with van der Waals surface area (Å²) in [5, 5.41) is 0. The van der Waals surface area contributed by atoms with E-state index in [1.165, 1.54) is 29.6 Å². The zero-order valence-corrected chi connectivity index (χ0v) is 15.0. The van der Waals surface area contributed by atoms with E-state index in [1.807, 2.05) is 0 Å². The summed E-state index contributed by atoms with van der Waals surface area (Å²) in [7, 11) is 1.14. The van der Waals surface area contributed by atoms with E-state index in [2.05, 4.69) is 10.2 Å². The van der Waals surface area contributed by atoms with Gasteiger partial charge in [-0.3, -0.25) is 14.3 Å². The van der Waals surface area contributed by atoms with E-state index < -0.39 is 41.0 Å². The highest BCUT2D eigenvalue weighted by atomic mass is 16.7. The Morgan fingerprint density at radius 1 is 1.33 bits per heavy atom. The monoisotopic (exact) mass is 381 g/mol. The Hall–Kier alpha value is -3.08. The van der Waals surface area contributed by atoms with Gasteiger partial charge in [-0.25, -0.2) is 9.59 Å². The first-order valence-corrected chi connectivity index (χ1v) is 8.15. The Bertz CT molecular complexity index is 847. The van der Waals surface area contributed by atoms with E-state index in [-0.39, 0.29) is 12.3 Å². The third kappa shape index (κ3) is 3.45. The van der Waals surface area contributed by atoms with Gasteiger partial charge >= 0.3 is 12.1 Å². The summed E-state index contributed by atoms with van der Waals surface area (Å²) in [6.07, 6.45) is -0.356. The average Bonchev–Trinajstić information content (AvgIpc) is 2.63. The molecule has 1 saturated heterocycles. The van der Waals surface area contributed by atoms with Gasteiger partial charge in [0.2, 0.25) is 16.8 Å². The molecule has 0 aliphatic carbocycles. The molecule has 1 N–H and O–H groups in total. The van der Waals surface area contributed by atoms with E-state index in [0.717, 1.165) is 13.2 Å². The van der Waals surface area contributed by atoms with Crippen molar-refractivity contribution < 1.29 is 33.3 Å². The Kier molecular flexibility index (Phi) is 4.79. The fourth-order valence-electron chi connectivity index (χ4n) is 2.78. The lowest BCUT2D eigenvalue weighted by Crippen LogP contribution is -2.59. The third-order valence-electron chi connectivity index (χ3n) is 4.14. The Labute approximate surface area is 153 Å². The molecule has 2 aliphatic heterocycles. The van der Waals surface area contributed by atoms with Crippen molar-refractivity contribution >= 4 is 18.0 Å². The van der Waals surface area contributed by atoms with Crippen molar-refractivity contribution in [1.82, 2.24) is 9.58 Å². The minimum atomic E-state index is -1.63. The second-order valence-electron chi connectivity index (χ2n) is 6.40. The minimum Gasteiger partial charge on any atom is -0.466 e. The number of methoxy groups -OCH3 is 1. The number of nitrogens with zero attached hydrogens (tertiary/aromatic N) is 2. The van der Waals surface area contributed by atoms with Gasteiger partial charge in [-0.1, -0.05) is 0 Å². The number of hydrogen-bond acceptors (Lipinski definition) is 9. The first-order chi connectivity index (χ1) is 12.7. The number of fused-ring (bicyclic) bond motifs is 2.